The highest BCUT2D eigenvalue weighted by Gasteiger charge is 2.22. The zero-order chi connectivity index (χ0) is 13.0. The van der Waals surface area contributed by atoms with E-state index in [2.05, 4.69) is 9.72 Å². The molecule has 0 amide bonds. The second-order valence-electron chi connectivity index (χ2n) is 3.07. The van der Waals surface area contributed by atoms with Gasteiger partial charge in [-0.25, -0.2) is 13.8 Å². The van der Waals surface area contributed by atoms with Gasteiger partial charge in [-0.05, 0) is 28.2 Å². The molecule has 0 unspecified atom stereocenters. The Hall–Kier alpha value is -0.990. The number of carbonyl (C=O) groups is 1. The normalized spacial score (nSPS) is 10.5. The third-order valence-electron chi connectivity index (χ3n) is 2.08. The third-order valence-corrected chi connectivity index (χ3v) is 3.12. The van der Waals surface area contributed by atoms with Crippen LogP contribution in [0, 0.1) is 3.57 Å². The van der Waals surface area contributed by atoms with E-state index < -0.39 is 12.4 Å². The number of methoxy groups -OCH3 is 2. The van der Waals surface area contributed by atoms with Crippen LogP contribution >= 0.6 is 22.6 Å². The Morgan fingerprint density at radius 2 is 2.18 bits per heavy atom. The molecule has 1 aromatic rings. The number of ether oxygens (including phenoxy) is 2. The molecule has 0 radical (unpaired) electrons. The van der Waals surface area contributed by atoms with Gasteiger partial charge in [0.05, 0.1) is 24.2 Å². The molecule has 0 aromatic carbocycles. The van der Waals surface area contributed by atoms with Crippen molar-refractivity contribution in [1.29, 1.82) is 0 Å². The minimum absolute atomic E-state index is 0.120. The fourth-order valence-corrected chi connectivity index (χ4v) is 2.21. The van der Waals surface area contributed by atoms with Crippen LogP contribution in [0.2, 0.25) is 0 Å². The molecule has 17 heavy (non-hydrogen) atoms. The Morgan fingerprint density at radius 3 is 2.65 bits per heavy atom. The summed E-state index contributed by atoms with van der Waals surface area (Å²) in [4.78, 5) is 14.9. The van der Waals surface area contributed by atoms with Gasteiger partial charge in [-0.1, -0.05) is 0 Å². The maximum atomic E-state index is 12.9. The number of pyridine rings is 1. The molecule has 94 valence electrons. The van der Waals surface area contributed by atoms with Crippen LogP contribution < -0.4 is 4.74 Å². The Kier molecular flexibility index (Phi) is 5.03. The van der Waals surface area contributed by atoms with Crippen LogP contribution in [0.4, 0.5) is 8.78 Å². The summed E-state index contributed by atoms with van der Waals surface area (Å²) in [6.45, 7) is 0. The highest BCUT2D eigenvalue weighted by Crippen LogP contribution is 2.32. The standard InChI is InChI=1S/C10H10F2INO3/c1-16-6(15)3-5-4-14-10(17-2)8(13)7(5)9(11)12/h4,9H,3H2,1-2H3. The van der Waals surface area contributed by atoms with Crippen molar-refractivity contribution in [1.82, 2.24) is 4.98 Å². The number of hydrogen-bond donors (Lipinski definition) is 0. The van der Waals surface area contributed by atoms with Gasteiger partial charge < -0.3 is 9.47 Å². The van der Waals surface area contributed by atoms with Crippen LogP contribution in [0.15, 0.2) is 6.20 Å². The van der Waals surface area contributed by atoms with E-state index in [0.717, 1.165) is 0 Å². The molecule has 0 spiro atoms. The second-order valence-corrected chi connectivity index (χ2v) is 4.15. The van der Waals surface area contributed by atoms with E-state index in [1.54, 1.807) is 22.6 Å². The predicted molar refractivity (Wildman–Crippen MR) is 64.2 cm³/mol. The maximum absolute atomic E-state index is 12.9. The average Bonchev–Trinajstić information content (AvgIpc) is 2.28. The number of hydrogen-bond acceptors (Lipinski definition) is 4. The molecule has 0 saturated carbocycles. The van der Waals surface area contributed by atoms with Crippen LogP contribution in [-0.2, 0) is 16.0 Å². The number of halogens is 3. The van der Waals surface area contributed by atoms with Crippen molar-refractivity contribution < 1.29 is 23.0 Å². The van der Waals surface area contributed by atoms with Gasteiger partial charge in [-0.3, -0.25) is 4.79 Å². The lowest BCUT2D eigenvalue weighted by molar-refractivity contribution is -0.139. The fraction of sp³-hybridized carbons (Fsp3) is 0.400. The van der Waals surface area contributed by atoms with Gasteiger partial charge >= 0.3 is 5.97 Å². The summed E-state index contributed by atoms with van der Waals surface area (Å²) in [7, 11) is 2.55. The molecule has 0 aliphatic rings. The molecule has 1 rings (SSSR count). The van der Waals surface area contributed by atoms with Crippen molar-refractivity contribution in [2.24, 2.45) is 0 Å². The largest absolute Gasteiger partial charge is 0.480 e. The maximum Gasteiger partial charge on any atom is 0.310 e. The molecule has 1 heterocycles. The first-order valence-electron chi connectivity index (χ1n) is 4.57. The molecule has 0 aliphatic carbocycles. The molecule has 0 N–H and O–H groups in total. The van der Waals surface area contributed by atoms with E-state index in [1.165, 1.54) is 20.4 Å². The first kappa shape index (κ1) is 14.1. The van der Waals surface area contributed by atoms with E-state index in [9.17, 15) is 13.6 Å². The van der Waals surface area contributed by atoms with Crippen LogP contribution in [0.3, 0.4) is 0 Å². The van der Waals surface area contributed by atoms with Crippen molar-refractivity contribution >= 4 is 28.6 Å². The van der Waals surface area contributed by atoms with Gasteiger partial charge in [0.15, 0.2) is 0 Å². The summed E-state index contributed by atoms with van der Waals surface area (Å²) in [5, 5.41) is 0. The molecular weight excluding hydrogens is 347 g/mol. The molecule has 0 saturated heterocycles. The van der Waals surface area contributed by atoms with Crippen molar-refractivity contribution in [3.63, 3.8) is 0 Å². The van der Waals surface area contributed by atoms with Crippen LogP contribution in [-0.4, -0.2) is 25.2 Å². The summed E-state index contributed by atoms with van der Waals surface area (Å²) in [5.74, 6) is -0.468. The smallest absolute Gasteiger partial charge is 0.310 e. The Labute approximate surface area is 110 Å². The summed E-state index contributed by atoms with van der Waals surface area (Å²) < 4.78 is 35.3. The predicted octanol–water partition coefficient (Wildman–Crippen LogP) is 2.35. The minimum Gasteiger partial charge on any atom is -0.480 e. The molecule has 0 atom stereocenters. The molecule has 7 heteroatoms. The third kappa shape index (κ3) is 3.24. The molecule has 1 aromatic heterocycles. The quantitative estimate of drug-likeness (QED) is 0.613. The molecule has 0 aliphatic heterocycles. The van der Waals surface area contributed by atoms with Crippen molar-refractivity contribution in [3.05, 3.63) is 20.9 Å². The van der Waals surface area contributed by atoms with Gasteiger partial charge in [0, 0.05) is 11.8 Å². The van der Waals surface area contributed by atoms with Crippen molar-refractivity contribution in [2.45, 2.75) is 12.8 Å². The molecule has 4 nitrogen and oxygen atoms in total. The summed E-state index contributed by atoms with van der Waals surface area (Å²) >= 11 is 1.72. The second kappa shape index (κ2) is 6.08. The number of aromatic nitrogens is 1. The number of rotatable bonds is 4. The van der Waals surface area contributed by atoms with Crippen LogP contribution in [0.5, 0.6) is 5.88 Å². The first-order chi connectivity index (χ1) is 8.01. The van der Waals surface area contributed by atoms with Gasteiger partial charge in [0.1, 0.15) is 0 Å². The summed E-state index contributed by atoms with van der Waals surface area (Å²) in [5.41, 5.74) is -0.0834. The summed E-state index contributed by atoms with van der Waals surface area (Å²) in [6.07, 6.45) is -1.72. The minimum atomic E-state index is -2.70. The monoisotopic (exact) mass is 357 g/mol. The Balaban J connectivity index is 3.21. The topological polar surface area (TPSA) is 48.4 Å². The number of carbonyl (C=O) groups excluding carboxylic acids is 1. The SMILES string of the molecule is COC(=O)Cc1cnc(OC)c(I)c1C(F)F. The van der Waals surface area contributed by atoms with Crippen LogP contribution in [0.1, 0.15) is 17.6 Å². The van der Waals surface area contributed by atoms with Crippen molar-refractivity contribution in [3.8, 4) is 5.88 Å². The molecule has 0 bridgehead atoms. The van der Waals surface area contributed by atoms with Gasteiger partial charge in [0.2, 0.25) is 5.88 Å². The number of nitrogens with zero attached hydrogens (tertiary/aromatic N) is 1. The lowest BCUT2D eigenvalue weighted by Gasteiger charge is -2.12. The lowest BCUT2D eigenvalue weighted by atomic mass is 10.1. The zero-order valence-corrected chi connectivity index (χ0v) is 11.3. The van der Waals surface area contributed by atoms with Crippen molar-refractivity contribution in [2.75, 3.05) is 14.2 Å². The van der Waals surface area contributed by atoms with E-state index in [4.69, 9.17) is 4.74 Å². The van der Waals surface area contributed by atoms with E-state index in [1.807, 2.05) is 0 Å². The lowest BCUT2D eigenvalue weighted by Crippen LogP contribution is -2.10. The average molecular weight is 357 g/mol. The van der Waals surface area contributed by atoms with E-state index in [0.29, 0.717) is 0 Å². The zero-order valence-electron chi connectivity index (χ0n) is 9.17. The Morgan fingerprint density at radius 1 is 1.53 bits per heavy atom. The highest BCUT2D eigenvalue weighted by molar-refractivity contribution is 14.1. The van der Waals surface area contributed by atoms with E-state index in [-0.39, 0.29) is 27.0 Å². The van der Waals surface area contributed by atoms with Gasteiger partial charge in [-0.15, -0.1) is 0 Å². The number of esters is 1. The van der Waals surface area contributed by atoms with Gasteiger partial charge in [-0.2, -0.15) is 0 Å². The highest BCUT2D eigenvalue weighted by atomic mass is 127. The van der Waals surface area contributed by atoms with Gasteiger partial charge in [0.25, 0.3) is 6.43 Å². The molecule has 0 fully saturated rings. The Bertz CT molecular complexity index is 426. The fourth-order valence-electron chi connectivity index (χ4n) is 1.27. The number of alkyl halides is 2. The van der Waals surface area contributed by atoms with E-state index >= 15 is 0 Å². The summed E-state index contributed by atoms with van der Waals surface area (Å²) in [6, 6.07) is 0. The first-order valence-corrected chi connectivity index (χ1v) is 5.65. The molecular formula is C10H10F2INO3. The van der Waals surface area contributed by atoms with Crippen LogP contribution in [0.25, 0.3) is 0 Å².